The smallest absolute Gasteiger partial charge is 0.164 e. The van der Waals surface area contributed by atoms with E-state index >= 15 is 0 Å². The number of likely N-dealkylation sites (N-methyl/N-ethyl adjacent to an activating group) is 1. The summed E-state index contributed by atoms with van der Waals surface area (Å²) in [4.78, 5) is 13.6. The Hall–Kier alpha value is -3.21. The summed E-state index contributed by atoms with van der Waals surface area (Å²) in [6.45, 7) is 4.48. The highest BCUT2D eigenvalue weighted by Crippen LogP contribution is 2.38. The Bertz CT molecular complexity index is 1220. The Labute approximate surface area is 209 Å². The normalized spacial score (nSPS) is 26.2. The van der Waals surface area contributed by atoms with E-state index in [1.807, 2.05) is 12.1 Å². The summed E-state index contributed by atoms with van der Waals surface area (Å²) in [6.07, 6.45) is -1.04. The van der Waals surface area contributed by atoms with Gasteiger partial charge in [-0.1, -0.05) is 0 Å². The first-order chi connectivity index (χ1) is 17.6. The lowest BCUT2D eigenvalue weighted by molar-refractivity contribution is 0.0271. The first-order valence-electron chi connectivity index (χ1n) is 12.3. The number of ether oxygens (including phenoxy) is 4. The lowest BCUT2D eigenvalue weighted by Crippen LogP contribution is -2.44. The summed E-state index contributed by atoms with van der Waals surface area (Å²) in [5, 5.41) is 4.20. The highest BCUT2D eigenvalue weighted by Gasteiger charge is 2.49. The lowest BCUT2D eigenvalue weighted by atomic mass is 10.1. The molecule has 2 aromatic carbocycles. The van der Waals surface area contributed by atoms with Crippen molar-refractivity contribution in [2.45, 2.75) is 24.5 Å². The lowest BCUT2D eigenvalue weighted by Gasteiger charge is -2.34. The van der Waals surface area contributed by atoms with Crippen LogP contribution in [0.25, 0.3) is 10.9 Å². The molecule has 36 heavy (non-hydrogen) atoms. The molecule has 3 fully saturated rings. The van der Waals surface area contributed by atoms with Gasteiger partial charge in [0.1, 0.15) is 24.4 Å². The highest BCUT2D eigenvalue weighted by atomic mass is 19.1. The molecule has 3 saturated heterocycles. The van der Waals surface area contributed by atoms with Crippen LogP contribution in [-0.2, 0) is 9.47 Å². The van der Waals surface area contributed by atoms with Gasteiger partial charge >= 0.3 is 0 Å². The first kappa shape index (κ1) is 23.2. The molecule has 190 valence electrons. The maximum atomic E-state index is 13.9. The van der Waals surface area contributed by atoms with E-state index in [2.05, 4.69) is 56.4 Å². The summed E-state index contributed by atoms with van der Waals surface area (Å²) in [7, 11) is 3.74. The van der Waals surface area contributed by atoms with Crippen LogP contribution >= 0.6 is 0 Å². The number of piperazine rings is 1. The zero-order valence-corrected chi connectivity index (χ0v) is 20.4. The predicted molar refractivity (Wildman–Crippen MR) is 134 cm³/mol. The third-order valence-corrected chi connectivity index (χ3v) is 7.15. The third kappa shape index (κ3) is 4.40. The molecule has 10 heteroatoms. The number of anilines is 3. The van der Waals surface area contributed by atoms with E-state index in [1.54, 1.807) is 7.11 Å². The number of alkyl halides is 1. The van der Waals surface area contributed by atoms with E-state index in [4.69, 9.17) is 18.9 Å². The summed E-state index contributed by atoms with van der Waals surface area (Å²) in [5.41, 5.74) is 2.84. The fraction of sp³-hybridized carbons (Fsp3) is 0.462. The standard InChI is InChI=1S/C26H30FN5O4/c1-31-7-9-32(10-8-31)17-5-3-16(4-6-17)30-26-18-11-21(33-2)22(12-20(18)28-15-29-26)36-23-14-35-24-19(27)13-34-25(23)24/h3-6,11-12,15,19,23-25H,7-10,13-14H2,1-2H3,(H,28,29,30)/t19-,23-,24+,25+/m1/s1. The van der Waals surface area contributed by atoms with Gasteiger partial charge < -0.3 is 34.1 Å². The number of hydrogen-bond acceptors (Lipinski definition) is 9. The van der Waals surface area contributed by atoms with Crippen LogP contribution in [0.2, 0.25) is 0 Å². The van der Waals surface area contributed by atoms with E-state index in [0.29, 0.717) is 22.8 Å². The predicted octanol–water partition coefficient (Wildman–Crippen LogP) is 3.02. The highest BCUT2D eigenvalue weighted by molar-refractivity contribution is 5.93. The second kappa shape index (κ2) is 9.68. The van der Waals surface area contributed by atoms with Gasteiger partial charge in [0.25, 0.3) is 0 Å². The average Bonchev–Trinajstić information content (AvgIpc) is 3.47. The van der Waals surface area contributed by atoms with Gasteiger partial charge in [0.05, 0.1) is 25.8 Å². The van der Waals surface area contributed by atoms with Gasteiger partial charge in [-0.2, -0.15) is 0 Å². The largest absolute Gasteiger partial charge is 0.493 e. The first-order valence-corrected chi connectivity index (χ1v) is 12.3. The molecule has 9 nitrogen and oxygen atoms in total. The van der Waals surface area contributed by atoms with Crippen molar-refractivity contribution in [3.8, 4) is 11.5 Å². The van der Waals surface area contributed by atoms with Gasteiger partial charge in [0, 0.05) is 49.0 Å². The molecule has 0 amide bonds. The SMILES string of the molecule is COc1cc2c(Nc3ccc(N4CCN(C)CC4)cc3)ncnc2cc1O[C@@H]1CO[C@@H]2[C@H]1OC[C@H]2F. The Morgan fingerprint density at radius 1 is 0.972 bits per heavy atom. The van der Waals surface area contributed by atoms with Crippen molar-refractivity contribution < 1.29 is 23.3 Å². The van der Waals surface area contributed by atoms with Crippen molar-refractivity contribution in [2.24, 2.45) is 0 Å². The maximum absolute atomic E-state index is 13.9. The molecule has 4 heterocycles. The number of benzene rings is 2. The molecule has 0 unspecified atom stereocenters. The van der Waals surface area contributed by atoms with Crippen LogP contribution < -0.4 is 19.7 Å². The van der Waals surface area contributed by atoms with Crippen molar-refractivity contribution in [2.75, 3.05) is 63.8 Å². The molecule has 0 aliphatic carbocycles. The number of halogens is 1. The zero-order chi connectivity index (χ0) is 24.6. The van der Waals surface area contributed by atoms with Crippen LogP contribution in [-0.4, -0.2) is 92.9 Å². The van der Waals surface area contributed by atoms with Gasteiger partial charge in [-0.25, -0.2) is 14.4 Å². The van der Waals surface area contributed by atoms with Crippen LogP contribution in [0.5, 0.6) is 11.5 Å². The summed E-state index contributed by atoms with van der Waals surface area (Å²) in [5.74, 6) is 1.70. The number of hydrogen-bond donors (Lipinski definition) is 1. The van der Waals surface area contributed by atoms with Crippen LogP contribution in [0, 0.1) is 0 Å². The minimum absolute atomic E-state index is 0.0304. The molecule has 4 atom stereocenters. The molecule has 3 aromatic rings. The topological polar surface area (TPSA) is 81.2 Å². The number of rotatable bonds is 6. The Morgan fingerprint density at radius 2 is 1.75 bits per heavy atom. The summed E-state index contributed by atoms with van der Waals surface area (Å²) < 4.78 is 36.9. The van der Waals surface area contributed by atoms with Crippen LogP contribution in [0.1, 0.15) is 0 Å². The van der Waals surface area contributed by atoms with Crippen molar-refractivity contribution >= 4 is 28.1 Å². The van der Waals surface area contributed by atoms with Gasteiger partial charge in [-0.3, -0.25) is 0 Å². The van der Waals surface area contributed by atoms with Gasteiger partial charge in [-0.05, 0) is 37.4 Å². The molecule has 1 aromatic heterocycles. The molecule has 0 spiro atoms. The maximum Gasteiger partial charge on any atom is 0.164 e. The molecular weight excluding hydrogens is 465 g/mol. The van der Waals surface area contributed by atoms with E-state index < -0.39 is 24.5 Å². The molecule has 0 saturated carbocycles. The molecule has 6 rings (SSSR count). The summed E-state index contributed by atoms with van der Waals surface area (Å²) >= 11 is 0. The number of aromatic nitrogens is 2. The van der Waals surface area contributed by atoms with Crippen LogP contribution in [0.15, 0.2) is 42.7 Å². The minimum Gasteiger partial charge on any atom is -0.493 e. The molecule has 0 radical (unpaired) electrons. The molecule has 3 aliphatic heterocycles. The second-order valence-electron chi connectivity index (χ2n) is 9.47. The van der Waals surface area contributed by atoms with Crippen LogP contribution in [0.3, 0.4) is 0 Å². The minimum atomic E-state index is -1.13. The van der Waals surface area contributed by atoms with E-state index in [9.17, 15) is 4.39 Å². The zero-order valence-electron chi connectivity index (χ0n) is 20.4. The third-order valence-electron chi connectivity index (χ3n) is 7.15. The molecule has 1 N–H and O–H groups in total. The van der Waals surface area contributed by atoms with Crippen molar-refractivity contribution in [1.82, 2.24) is 14.9 Å². The van der Waals surface area contributed by atoms with E-state index in [1.165, 1.54) is 12.0 Å². The number of fused-ring (bicyclic) bond motifs is 2. The number of nitrogens with zero attached hydrogens (tertiary/aromatic N) is 4. The molecule has 0 bridgehead atoms. The van der Waals surface area contributed by atoms with Gasteiger partial charge in [-0.15, -0.1) is 0 Å². The van der Waals surface area contributed by atoms with E-state index in [-0.39, 0.29) is 13.2 Å². The van der Waals surface area contributed by atoms with Crippen molar-refractivity contribution in [1.29, 1.82) is 0 Å². The quantitative estimate of drug-likeness (QED) is 0.555. The molecule has 3 aliphatic rings. The van der Waals surface area contributed by atoms with Crippen LogP contribution in [0.4, 0.5) is 21.6 Å². The van der Waals surface area contributed by atoms with E-state index in [0.717, 1.165) is 37.3 Å². The van der Waals surface area contributed by atoms with Crippen molar-refractivity contribution in [3.63, 3.8) is 0 Å². The number of methoxy groups -OCH3 is 1. The van der Waals surface area contributed by atoms with Crippen molar-refractivity contribution in [3.05, 3.63) is 42.7 Å². The fourth-order valence-corrected chi connectivity index (χ4v) is 5.05. The molecular formula is C26H30FN5O4. The van der Waals surface area contributed by atoms with Gasteiger partial charge in [0.2, 0.25) is 0 Å². The Kier molecular flexibility index (Phi) is 6.24. The second-order valence-corrected chi connectivity index (χ2v) is 9.47. The summed E-state index contributed by atoms with van der Waals surface area (Å²) in [6, 6.07) is 12.1. The monoisotopic (exact) mass is 495 g/mol. The Morgan fingerprint density at radius 3 is 2.53 bits per heavy atom. The van der Waals surface area contributed by atoms with Gasteiger partial charge in [0.15, 0.2) is 23.8 Å². The number of nitrogens with one attached hydrogen (secondary N) is 1. The average molecular weight is 496 g/mol. The Balaban J connectivity index is 1.21. The fourth-order valence-electron chi connectivity index (χ4n) is 5.05.